The Hall–Kier alpha value is -0.850. The van der Waals surface area contributed by atoms with Crippen molar-refractivity contribution in [3.8, 4) is 0 Å². The van der Waals surface area contributed by atoms with Gasteiger partial charge in [0.2, 0.25) is 0 Å². The number of Topliss-reactive ketones (excluding diaryl/α,β-unsaturated/α-hetero) is 1. The number of ketones is 1. The highest BCUT2D eigenvalue weighted by Gasteiger charge is 2.52. The lowest BCUT2D eigenvalue weighted by molar-refractivity contribution is -0.144. The van der Waals surface area contributed by atoms with E-state index in [1.54, 1.807) is 0 Å². The first-order chi connectivity index (χ1) is 7.40. The molecule has 16 heavy (non-hydrogen) atoms. The largest absolute Gasteiger partial charge is 0.298 e. The zero-order chi connectivity index (χ0) is 12.0. The van der Waals surface area contributed by atoms with Crippen molar-refractivity contribution < 1.29 is 4.79 Å². The van der Waals surface area contributed by atoms with Crippen LogP contribution in [0, 0.1) is 16.7 Å². The molecule has 0 aliphatic heterocycles. The van der Waals surface area contributed by atoms with Gasteiger partial charge in [-0.05, 0) is 38.5 Å². The Bertz CT molecular complexity index is 366. The van der Waals surface area contributed by atoms with Crippen LogP contribution in [0.25, 0.3) is 0 Å². The first kappa shape index (κ1) is 11.6. The number of carbonyl (C=O) groups excluding carboxylic acids is 1. The Morgan fingerprint density at radius 2 is 2.00 bits per heavy atom. The van der Waals surface area contributed by atoms with Crippen molar-refractivity contribution in [2.24, 2.45) is 16.7 Å². The van der Waals surface area contributed by atoms with Crippen LogP contribution in [0.2, 0.25) is 0 Å². The Morgan fingerprint density at radius 1 is 1.38 bits per heavy atom. The van der Waals surface area contributed by atoms with Gasteiger partial charge in [-0.15, -0.1) is 0 Å². The monoisotopic (exact) mass is 218 g/mol. The topological polar surface area (TPSA) is 17.1 Å². The molecule has 0 amide bonds. The van der Waals surface area contributed by atoms with Crippen LogP contribution in [-0.4, -0.2) is 5.78 Å². The maximum atomic E-state index is 12.7. The quantitative estimate of drug-likeness (QED) is 0.610. The van der Waals surface area contributed by atoms with Crippen LogP contribution in [0.4, 0.5) is 0 Å². The maximum absolute atomic E-state index is 12.7. The molecule has 3 unspecified atom stereocenters. The second-order valence-electron chi connectivity index (χ2n) is 6.12. The van der Waals surface area contributed by atoms with E-state index in [1.807, 2.05) is 0 Å². The zero-order valence-corrected chi connectivity index (χ0v) is 10.7. The van der Waals surface area contributed by atoms with Crippen LogP contribution in [0.15, 0.2) is 24.3 Å². The summed E-state index contributed by atoms with van der Waals surface area (Å²) in [5.41, 5.74) is 0.854. The Morgan fingerprint density at radius 3 is 2.62 bits per heavy atom. The van der Waals surface area contributed by atoms with Gasteiger partial charge in [-0.25, -0.2) is 0 Å². The van der Waals surface area contributed by atoms with E-state index >= 15 is 0 Å². The number of rotatable bonds is 1. The second-order valence-corrected chi connectivity index (χ2v) is 6.12. The van der Waals surface area contributed by atoms with Crippen molar-refractivity contribution >= 4 is 5.78 Å². The molecule has 88 valence electrons. The number of allylic oxidation sites excluding steroid dienone is 3. The average Bonchev–Trinajstić information content (AvgIpc) is 2.29. The molecule has 1 saturated carbocycles. The summed E-state index contributed by atoms with van der Waals surface area (Å²) in [5.74, 6) is 0.833. The highest BCUT2D eigenvalue weighted by Crippen LogP contribution is 2.53. The molecule has 1 fully saturated rings. The van der Waals surface area contributed by atoms with Gasteiger partial charge in [0, 0.05) is 10.8 Å². The molecule has 1 heteroatoms. The predicted molar refractivity (Wildman–Crippen MR) is 67.1 cm³/mol. The molecule has 0 N–H and O–H groups in total. The van der Waals surface area contributed by atoms with Gasteiger partial charge >= 0.3 is 0 Å². The molecule has 0 heterocycles. The summed E-state index contributed by atoms with van der Waals surface area (Å²) in [6, 6.07) is 0. The number of hydrogen-bond acceptors (Lipinski definition) is 1. The molecule has 0 aromatic carbocycles. The predicted octanol–water partition coefficient (Wildman–Crippen LogP) is 3.90. The number of fused-ring (bicyclic) bond motifs is 2. The Labute approximate surface area is 98.6 Å². The third kappa shape index (κ3) is 1.49. The molecule has 2 rings (SSSR count). The summed E-state index contributed by atoms with van der Waals surface area (Å²) >= 11 is 0. The molecule has 0 aromatic rings. The lowest BCUT2D eigenvalue weighted by atomic mass is 9.55. The average molecular weight is 218 g/mol. The van der Waals surface area contributed by atoms with Crippen molar-refractivity contribution in [1.29, 1.82) is 0 Å². The van der Waals surface area contributed by atoms with Crippen molar-refractivity contribution in [1.82, 2.24) is 0 Å². The minimum atomic E-state index is -0.203. The van der Waals surface area contributed by atoms with Crippen LogP contribution in [0.5, 0.6) is 0 Å². The molecule has 0 saturated heterocycles. The van der Waals surface area contributed by atoms with Gasteiger partial charge in [-0.1, -0.05) is 38.2 Å². The Kier molecular flexibility index (Phi) is 2.60. The summed E-state index contributed by atoms with van der Waals surface area (Å²) in [6.07, 6.45) is 8.34. The van der Waals surface area contributed by atoms with Crippen LogP contribution in [-0.2, 0) is 4.79 Å². The lowest BCUT2D eigenvalue weighted by Crippen LogP contribution is -2.48. The summed E-state index contributed by atoms with van der Waals surface area (Å²) in [7, 11) is 0. The number of carbonyl (C=O) groups is 1. The zero-order valence-electron chi connectivity index (χ0n) is 10.7. The fourth-order valence-corrected chi connectivity index (χ4v) is 3.63. The second kappa shape index (κ2) is 3.58. The van der Waals surface area contributed by atoms with Gasteiger partial charge in [-0.2, -0.15) is 0 Å². The van der Waals surface area contributed by atoms with Crippen molar-refractivity contribution in [3.05, 3.63) is 24.3 Å². The third-order valence-corrected chi connectivity index (χ3v) is 4.69. The first-order valence-corrected chi connectivity index (χ1v) is 6.25. The van der Waals surface area contributed by atoms with E-state index in [0.717, 1.165) is 25.7 Å². The van der Waals surface area contributed by atoms with Crippen LogP contribution < -0.4 is 0 Å². The van der Waals surface area contributed by atoms with E-state index in [-0.39, 0.29) is 10.8 Å². The maximum Gasteiger partial charge on any atom is 0.145 e. The molecule has 0 spiro atoms. The van der Waals surface area contributed by atoms with Gasteiger partial charge < -0.3 is 0 Å². The summed E-state index contributed by atoms with van der Waals surface area (Å²) in [5, 5.41) is 0. The van der Waals surface area contributed by atoms with Gasteiger partial charge in [0.05, 0.1) is 0 Å². The molecule has 2 aliphatic rings. The fraction of sp³-hybridized carbons (Fsp3) is 0.667. The normalized spacial score (nSPS) is 42.9. The molecular weight excluding hydrogens is 196 g/mol. The minimum Gasteiger partial charge on any atom is -0.298 e. The molecule has 3 atom stereocenters. The number of hydrogen-bond donors (Lipinski definition) is 0. The summed E-state index contributed by atoms with van der Waals surface area (Å²) in [6.45, 7) is 10.4. The van der Waals surface area contributed by atoms with Crippen LogP contribution in [0.3, 0.4) is 0 Å². The van der Waals surface area contributed by atoms with E-state index in [4.69, 9.17) is 0 Å². The van der Waals surface area contributed by atoms with E-state index in [0.29, 0.717) is 11.7 Å². The molecule has 2 bridgehead atoms. The highest BCUT2D eigenvalue weighted by atomic mass is 16.1. The van der Waals surface area contributed by atoms with E-state index in [9.17, 15) is 4.79 Å². The van der Waals surface area contributed by atoms with E-state index < -0.39 is 0 Å². The third-order valence-electron chi connectivity index (χ3n) is 4.69. The van der Waals surface area contributed by atoms with Crippen molar-refractivity contribution in [2.75, 3.05) is 0 Å². The van der Waals surface area contributed by atoms with Gasteiger partial charge in [0.25, 0.3) is 0 Å². The molecule has 1 nitrogen and oxygen atoms in total. The van der Waals surface area contributed by atoms with Crippen LogP contribution >= 0.6 is 0 Å². The first-order valence-electron chi connectivity index (χ1n) is 6.25. The molecule has 0 aromatic heterocycles. The van der Waals surface area contributed by atoms with Gasteiger partial charge in [-0.3, -0.25) is 4.79 Å². The fourth-order valence-electron chi connectivity index (χ4n) is 3.63. The molecule has 2 aliphatic carbocycles. The molecule has 0 radical (unpaired) electrons. The van der Waals surface area contributed by atoms with Crippen molar-refractivity contribution in [3.63, 3.8) is 0 Å². The highest BCUT2D eigenvalue weighted by molar-refractivity contribution is 5.91. The Balaban J connectivity index is 2.45. The van der Waals surface area contributed by atoms with Crippen LogP contribution in [0.1, 0.15) is 46.5 Å². The van der Waals surface area contributed by atoms with Gasteiger partial charge in [0.15, 0.2) is 0 Å². The SMILES string of the molecule is C=C(C)C1CCC2(C)CC=CCC1(C)C2=O. The lowest BCUT2D eigenvalue weighted by Gasteiger charge is -2.47. The summed E-state index contributed by atoms with van der Waals surface area (Å²) < 4.78 is 0. The van der Waals surface area contributed by atoms with E-state index in [2.05, 4.69) is 39.5 Å². The minimum absolute atomic E-state index is 0.117. The standard InChI is InChI=1S/C15H22O/c1-11(2)12-7-10-14(3)8-5-6-9-15(12,4)13(14)16/h5-6,12H,1,7-10H2,2-4H3. The van der Waals surface area contributed by atoms with Crippen molar-refractivity contribution in [2.45, 2.75) is 46.5 Å². The van der Waals surface area contributed by atoms with Gasteiger partial charge in [0.1, 0.15) is 5.78 Å². The molecular formula is C15H22O. The van der Waals surface area contributed by atoms with E-state index in [1.165, 1.54) is 5.57 Å². The summed E-state index contributed by atoms with van der Waals surface area (Å²) in [4.78, 5) is 12.7. The smallest absolute Gasteiger partial charge is 0.145 e.